The zero-order valence-electron chi connectivity index (χ0n) is 27.1. The average molecular weight is 654 g/mol. The highest BCUT2D eigenvalue weighted by Crippen LogP contribution is 2.48. The fourth-order valence-corrected chi connectivity index (χ4v) is 8.52. The van der Waals surface area contributed by atoms with E-state index in [0.717, 1.165) is 24.2 Å². The maximum atomic E-state index is 15.6. The standard InChI is InChI=1S/C33H44FN7O4S/c1-33(2,3)39-17-15-38(16-18-39)28-23(7-5-8-24(28)34)31-40(19-20-45-4)30(43)26(46-31)21-27(42)37-13-10-22(11-14-37)41-25-9-6-12-35-29(25)36-32(41)44/h5-9,12,22,26,31H,10-11,13-21H2,1-4H3,(H,35,36,44)/t26-,31?/m0/s1. The fraction of sp³-hybridized carbons (Fsp3) is 0.576. The number of H-pyrrole nitrogens is 1. The van der Waals surface area contributed by atoms with Crippen molar-refractivity contribution in [2.45, 2.75) is 62.2 Å². The molecule has 3 aliphatic heterocycles. The van der Waals surface area contributed by atoms with Crippen LogP contribution in [0.1, 0.15) is 57.0 Å². The zero-order chi connectivity index (χ0) is 32.6. The summed E-state index contributed by atoms with van der Waals surface area (Å²) < 4.78 is 22.7. The van der Waals surface area contributed by atoms with E-state index in [9.17, 15) is 14.4 Å². The van der Waals surface area contributed by atoms with Crippen LogP contribution in [0.25, 0.3) is 11.2 Å². The molecule has 11 nitrogen and oxygen atoms in total. The fourth-order valence-electron chi connectivity index (χ4n) is 7.03. The van der Waals surface area contributed by atoms with E-state index >= 15 is 4.39 Å². The van der Waals surface area contributed by atoms with Gasteiger partial charge in [0, 0.05) is 82.7 Å². The summed E-state index contributed by atoms with van der Waals surface area (Å²) in [5.74, 6) is -0.503. The van der Waals surface area contributed by atoms with Gasteiger partial charge in [-0.25, -0.2) is 14.2 Å². The largest absolute Gasteiger partial charge is 0.383 e. The number of imidazole rings is 1. The molecule has 1 aromatic carbocycles. The van der Waals surface area contributed by atoms with Crippen LogP contribution in [0.5, 0.6) is 0 Å². The van der Waals surface area contributed by atoms with Gasteiger partial charge >= 0.3 is 5.69 Å². The van der Waals surface area contributed by atoms with E-state index in [0.29, 0.717) is 63.5 Å². The number of anilines is 1. The van der Waals surface area contributed by atoms with Crippen molar-refractivity contribution in [3.8, 4) is 0 Å². The molecule has 1 unspecified atom stereocenters. The Morgan fingerprint density at radius 2 is 1.80 bits per heavy atom. The molecular formula is C33H44FN7O4S. The molecule has 2 atom stereocenters. The molecule has 0 bridgehead atoms. The molecule has 0 aliphatic carbocycles. The number of methoxy groups -OCH3 is 1. The molecule has 3 aliphatic rings. The number of rotatable bonds is 8. The number of carbonyl (C=O) groups is 2. The van der Waals surface area contributed by atoms with Gasteiger partial charge in [0.25, 0.3) is 0 Å². The van der Waals surface area contributed by atoms with Gasteiger partial charge in [0.15, 0.2) is 5.65 Å². The number of aromatic nitrogens is 3. The quantitative estimate of drug-likeness (QED) is 0.393. The molecular weight excluding hydrogens is 609 g/mol. The third-order valence-corrected chi connectivity index (χ3v) is 11.0. The second kappa shape index (κ2) is 13.4. The van der Waals surface area contributed by atoms with Crippen molar-refractivity contribution in [3.05, 3.63) is 58.4 Å². The summed E-state index contributed by atoms with van der Waals surface area (Å²) in [7, 11) is 1.59. The lowest BCUT2D eigenvalue weighted by Gasteiger charge is -2.43. The van der Waals surface area contributed by atoms with Crippen molar-refractivity contribution in [1.82, 2.24) is 29.2 Å². The van der Waals surface area contributed by atoms with Gasteiger partial charge < -0.3 is 19.4 Å². The third-order valence-electron chi connectivity index (χ3n) is 9.53. The molecule has 0 spiro atoms. The molecule has 5 heterocycles. The van der Waals surface area contributed by atoms with Crippen molar-refractivity contribution in [2.24, 2.45) is 0 Å². The number of thioether (sulfide) groups is 1. The van der Waals surface area contributed by atoms with Crippen LogP contribution in [0, 0.1) is 5.82 Å². The molecule has 6 rings (SSSR count). The number of piperidine rings is 1. The van der Waals surface area contributed by atoms with Crippen molar-refractivity contribution in [1.29, 1.82) is 0 Å². The summed E-state index contributed by atoms with van der Waals surface area (Å²) in [5.41, 5.74) is 2.47. The molecule has 13 heteroatoms. The maximum Gasteiger partial charge on any atom is 0.327 e. The topological polar surface area (TPSA) is 107 Å². The number of hydrogen-bond donors (Lipinski definition) is 1. The highest BCUT2D eigenvalue weighted by Gasteiger charge is 2.44. The Morgan fingerprint density at radius 3 is 2.50 bits per heavy atom. The number of nitrogens with one attached hydrogen (secondary N) is 1. The van der Waals surface area contributed by atoms with E-state index in [1.54, 1.807) is 33.7 Å². The van der Waals surface area contributed by atoms with Crippen LogP contribution in [0.4, 0.5) is 10.1 Å². The van der Waals surface area contributed by atoms with Crippen LogP contribution in [0.2, 0.25) is 0 Å². The first-order valence-corrected chi connectivity index (χ1v) is 17.1. The summed E-state index contributed by atoms with van der Waals surface area (Å²) in [6, 6.07) is 8.75. The first kappa shape index (κ1) is 32.5. The number of amides is 2. The summed E-state index contributed by atoms with van der Waals surface area (Å²) in [6.45, 7) is 11.3. The lowest BCUT2D eigenvalue weighted by molar-refractivity contribution is -0.137. The molecule has 1 N–H and O–H groups in total. The minimum absolute atomic E-state index is 0.0373. The number of fused-ring (bicyclic) bond motifs is 1. The average Bonchev–Trinajstić information content (AvgIpc) is 3.54. The van der Waals surface area contributed by atoms with Gasteiger partial charge in [0.2, 0.25) is 11.8 Å². The number of para-hydroxylation sites is 1. The van der Waals surface area contributed by atoms with Gasteiger partial charge in [-0.15, -0.1) is 11.8 Å². The van der Waals surface area contributed by atoms with E-state index in [-0.39, 0.29) is 41.3 Å². The second-order valence-electron chi connectivity index (χ2n) is 13.3. The molecule has 3 aromatic rings. The number of ether oxygens (including phenoxy) is 1. The van der Waals surface area contributed by atoms with E-state index in [1.807, 2.05) is 18.2 Å². The number of halogens is 1. The Kier molecular flexibility index (Phi) is 9.45. The molecule has 3 fully saturated rings. The predicted octanol–water partition coefficient (Wildman–Crippen LogP) is 3.63. The number of aromatic amines is 1. The van der Waals surface area contributed by atoms with Crippen LogP contribution >= 0.6 is 11.8 Å². The molecule has 2 aromatic heterocycles. The van der Waals surface area contributed by atoms with Crippen molar-refractivity contribution >= 4 is 40.4 Å². The lowest BCUT2D eigenvalue weighted by Crippen LogP contribution is -2.53. The van der Waals surface area contributed by atoms with Crippen molar-refractivity contribution in [3.63, 3.8) is 0 Å². The number of pyridine rings is 1. The lowest BCUT2D eigenvalue weighted by atomic mass is 10.0. The van der Waals surface area contributed by atoms with Crippen LogP contribution < -0.4 is 10.6 Å². The summed E-state index contributed by atoms with van der Waals surface area (Å²) in [4.78, 5) is 55.2. The van der Waals surface area contributed by atoms with E-state index in [4.69, 9.17) is 4.74 Å². The minimum Gasteiger partial charge on any atom is -0.383 e. The molecule has 2 amide bonds. The number of piperazine rings is 1. The van der Waals surface area contributed by atoms with Crippen LogP contribution in [0.15, 0.2) is 41.3 Å². The van der Waals surface area contributed by atoms with Gasteiger partial charge in [-0.2, -0.15) is 0 Å². The Balaban J connectivity index is 1.15. The van der Waals surface area contributed by atoms with Gasteiger partial charge in [-0.1, -0.05) is 12.1 Å². The molecule has 0 radical (unpaired) electrons. The second-order valence-corrected chi connectivity index (χ2v) is 14.6. The number of hydrogen-bond acceptors (Lipinski definition) is 8. The molecule has 3 saturated heterocycles. The van der Waals surface area contributed by atoms with E-state index < -0.39 is 10.6 Å². The molecule has 46 heavy (non-hydrogen) atoms. The Labute approximate surface area is 273 Å². The van der Waals surface area contributed by atoms with Gasteiger partial charge in [0.05, 0.1) is 23.1 Å². The number of benzene rings is 1. The monoisotopic (exact) mass is 653 g/mol. The van der Waals surface area contributed by atoms with Gasteiger partial charge in [0.1, 0.15) is 11.2 Å². The first-order chi connectivity index (χ1) is 22.1. The summed E-state index contributed by atoms with van der Waals surface area (Å²) in [6.07, 6.45) is 2.99. The van der Waals surface area contributed by atoms with E-state index in [1.165, 1.54) is 17.8 Å². The predicted molar refractivity (Wildman–Crippen MR) is 177 cm³/mol. The number of likely N-dealkylation sites (tertiary alicyclic amines) is 1. The molecule has 248 valence electrons. The SMILES string of the molecule is COCCN1C(=O)[C@H](CC(=O)N2CCC(n3c(=O)[nH]c4ncccc43)CC2)SC1c1cccc(F)c1N1CCN(C(C)(C)C)CC1. The van der Waals surface area contributed by atoms with Crippen LogP contribution in [0.3, 0.4) is 0 Å². The normalized spacial score (nSPS) is 21.9. The van der Waals surface area contributed by atoms with Crippen LogP contribution in [-0.4, -0.2) is 111 Å². The first-order valence-electron chi connectivity index (χ1n) is 16.1. The summed E-state index contributed by atoms with van der Waals surface area (Å²) in [5, 5.41) is -1.01. The van der Waals surface area contributed by atoms with Crippen LogP contribution in [-0.2, 0) is 14.3 Å². The maximum absolute atomic E-state index is 15.6. The van der Waals surface area contributed by atoms with Crippen molar-refractivity contribution in [2.75, 3.05) is 64.4 Å². The highest BCUT2D eigenvalue weighted by atomic mass is 32.2. The number of carbonyl (C=O) groups excluding carboxylic acids is 2. The Hall–Kier alpha value is -3.42. The highest BCUT2D eigenvalue weighted by molar-refractivity contribution is 8.01. The smallest absolute Gasteiger partial charge is 0.327 e. The molecule has 0 saturated carbocycles. The zero-order valence-corrected chi connectivity index (χ0v) is 27.9. The summed E-state index contributed by atoms with van der Waals surface area (Å²) >= 11 is 1.43. The van der Waals surface area contributed by atoms with E-state index in [2.05, 4.69) is 40.5 Å². The van der Waals surface area contributed by atoms with Gasteiger partial charge in [-0.3, -0.25) is 24.0 Å². The minimum atomic E-state index is -0.580. The Bertz CT molecular complexity index is 1620. The third kappa shape index (κ3) is 6.41. The Morgan fingerprint density at radius 1 is 1.07 bits per heavy atom. The van der Waals surface area contributed by atoms with Crippen molar-refractivity contribution < 1.29 is 18.7 Å². The van der Waals surface area contributed by atoms with Gasteiger partial charge in [-0.05, 0) is 51.8 Å². The number of nitrogens with zero attached hydrogens (tertiary/aromatic N) is 6.